The molecule has 188 valence electrons. The first-order valence-electron chi connectivity index (χ1n) is 12.0. The van der Waals surface area contributed by atoms with E-state index in [0.717, 1.165) is 59.1 Å². The van der Waals surface area contributed by atoms with E-state index in [1.54, 1.807) is 30.2 Å². The van der Waals surface area contributed by atoms with Crippen molar-refractivity contribution in [3.63, 3.8) is 0 Å². The minimum absolute atomic E-state index is 0.176. The molecule has 0 unspecified atom stereocenters. The van der Waals surface area contributed by atoms with Crippen LogP contribution in [0.25, 0.3) is 10.9 Å². The van der Waals surface area contributed by atoms with Gasteiger partial charge < -0.3 is 19.6 Å². The van der Waals surface area contributed by atoms with Gasteiger partial charge in [0.1, 0.15) is 10.1 Å². The maximum absolute atomic E-state index is 12.2. The van der Waals surface area contributed by atoms with Gasteiger partial charge in [-0.25, -0.2) is 4.98 Å². The number of benzene rings is 1. The Kier molecular flexibility index (Phi) is 8.99. The smallest absolute Gasteiger partial charge is 0.308 e. The number of carboxylic acids is 1. The fraction of sp³-hybridized carbons (Fsp3) is 0.500. The summed E-state index contributed by atoms with van der Waals surface area (Å²) in [6.07, 6.45) is 6.39. The van der Waals surface area contributed by atoms with Gasteiger partial charge in [0, 0.05) is 48.0 Å². The maximum atomic E-state index is 12.2. The van der Waals surface area contributed by atoms with Crippen LogP contribution >= 0.6 is 23.1 Å². The topological polar surface area (TPSA) is 78.8 Å². The van der Waals surface area contributed by atoms with E-state index in [-0.39, 0.29) is 17.9 Å². The second-order valence-corrected chi connectivity index (χ2v) is 11.5. The zero-order valence-corrected chi connectivity index (χ0v) is 22.2. The highest BCUT2D eigenvalue weighted by atomic mass is 32.2. The highest BCUT2D eigenvalue weighted by Crippen LogP contribution is 2.36. The molecule has 1 saturated heterocycles. The van der Waals surface area contributed by atoms with Crippen molar-refractivity contribution in [2.24, 2.45) is 11.8 Å². The van der Waals surface area contributed by atoms with E-state index in [0.29, 0.717) is 6.54 Å². The Hall–Kier alpha value is -2.20. The third-order valence-electron chi connectivity index (χ3n) is 6.98. The summed E-state index contributed by atoms with van der Waals surface area (Å²) in [6, 6.07) is 8.24. The van der Waals surface area contributed by atoms with E-state index in [4.69, 9.17) is 4.74 Å². The van der Waals surface area contributed by atoms with Crippen molar-refractivity contribution < 1.29 is 14.6 Å². The molecule has 0 saturated carbocycles. The number of hydrogen-bond acceptors (Lipinski definition) is 8. The number of hydrogen-bond donors (Lipinski definition) is 1. The number of methoxy groups -OCH3 is 1. The second kappa shape index (κ2) is 12.2. The zero-order chi connectivity index (χ0) is 24.8. The van der Waals surface area contributed by atoms with Crippen LogP contribution in [0.15, 0.2) is 46.4 Å². The molecule has 1 fully saturated rings. The number of thioether (sulfide) groups is 1. The van der Waals surface area contributed by atoms with Crippen LogP contribution in [0.4, 0.5) is 0 Å². The molecule has 3 atom stereocenters. The van der Waals surface area contributed by atoms with Gasteiger partial charge >= 0.3 is 5.97 Å². The summed E-state index contributed by atoms with van der Waals surface area (Å²) in [5.74, 6) is 0.931. The van der Waals surface area contributed by atoms with Crippen molar-refractivity contribution >= 4 is 40.0 Å². The van der Waals surface area contributed by atoms with Gasteiger partial charge in [0.25, 0.3) is 0 Å². The molecule has 1 N–H and O–H groups in total. The molecular formula is C26H34N4O3S2. The van der Waals surface area contributed by atoms with Gasteiger partial charge in [0.05, 0.1) is 18.5 Å². The number of aromatic nitrogens is 2. The molecule has 3 aromatic rings. The molecule has 0 aliphatic carbocycles. The first kappa shape index (κ1) is 25.9. The molecule has 0 bridgehead atoms. The summed E-state index contributed by atoms with van der Waals surface area (Å²) in [7, 11) is 5.86. The van der Waals surface area contributed by atoms with Gasteiger partial charge in [-0.3, -0.25) is 9.78 Å². The SMILES string of the molecule is COc1ccc2nccc([C@@H](CC[C@@H]3CCN(CCSc4nccs4)C[C@@H]3C(=O)O)N(C)C)c2c1. The summed E-state index contributed by atoms with van der Waals surface area (Å²) in [4.78, 5) is 25.6. The lowest BCUT2D eigenvalue weighted by molar-refractivity contribution is -0.146. The number of likely N-dealkylation sites (tertiary alicyclic amines) is 1. The van der Waals surface area contributed by atoms with Crippen molar-refractivity contribution in [1.82, 2.24) is 19.8 Å². The van der Waals surface area contributed by atoms with Crippen LogP contribution in [-0.2, 0) is 4.79 Å². The van der Waals surface area contributed by atoms with E-state index in [1.807, 2.05) is 29.9 Å². The Labute approximate surface area is 215 Å². The van der Waals surface area contributed by atoms with Gasteiger partial charge in [-0.1, -0.05) is 11.8 Å². The van der Waals surface area contributed by atoms with E-state index in [1.165, 1.54) is 5.56 Å². The Morgan fingerprint density at radius 1 is 1.31 bits per heavy atom. The Morgan fingerprint density at radius 3 is 2.89 bits per heavy atom. The lowest BCUT2D eigenvalue weighted by Gasteiger charge is -2.37. The van der Waals surface area contributed by atoms with E-state index >= 15 is 0 Å². The predicted molar refractivity (Wildman–Crippen MR) is 142 cm³/mol. The van der Waals surface area contributed by atoms with Crippen LogP contribution < -0.4 is 4.74 Å². The second-order valence-electron chi connectivity index (χ2n) is 9.28. The summed E-state index contributed by atoms with van der Waals surface area (Å²) in [5.41, 5.74) is 2.16. The van der Waals surface area contributed by atoms with Crippen LogP contribution in [0.5, 0.6) is 5.75 Å². The van der Waals surface area contributed by atoms with Gasteiger partial charge in [-0.15, -0.1) is 11.3 Å². The third-order valence-corrected chi connectivity index (χ3v) is 8.92. The van der Waals surface area contributed by atoms with Crippen LogP contribution in [0.3, 0.4) is 0 Å². The summed E-state index contributed by atoms with van der Waals surface area (Å²) < 4.78 is 6.53. The molecule has 0 radical (unpaired) electrons. The molecule has 35 heavy (non-hydrogen) atoms. The molecule has 7 nitrogen and oxygen atoms in total. The van der Waals surface area contributed by atoms with Crippen molar-refractivity contribution in [1.29, 1.82) is 0 Å². The molecule has 1 aliphatic rings. The van der Waals surface area contributed by atoms with Crippen LogP contribution in [0.2, 0.25) is 0 Å². The third kappa shape index (κ3) is 6.52. The zero-order valence-electron chi connectivity index (χ0n) is 20.6. The largest absolute Gasteiger partial charge is 0.497 e. The molecule has 2 aromatic heterocycles. The molecule has 1 aromatic carbocycles. The lowest BCUT2D eigenvalue weighted by Crippen LogP contribution is -2.44. The number of aliphatic carboxylic acids is 1. The molecular weight excluding hydrogens is 480 g/mol. The quantitative estimate of drug-likeness (QED) is 0.362. The van der Waals surface area contributed by atoms with Gasteiger partial charge in [0.2, 0.25) is 0 Å². The number of fused-ring (bicyclic) bond motifs is 1. The molecule has 4 rings (SSSR count). The average Bonchev–Trinajstić information content (AvgIpc) is 3.37. The fourth-order valence-electron chi connectivity index (χ4n) is 5.07. The normalized spacial score (nSPS) is 19.8. The van der Waals surface area contributed by atoms with Crippen LogP contribution in [-0.4, -0.2) is 77.4 Å². The molecule has 0 spiro atoms. The number of rotatable bonds is 11. The summed E-state index contributed by atoms with van der Waals surface area (Å²) in [6.45, 7) is 2.47. The van der Waals surface area contributed by atoms with Gasteiger partial charge in [-0.2, -0.15) is 0 Å². The molecule has 1 aliphatic heterocycles. The maximum Gasteiger partial charge on any atom is 0.308 e. The molecule has 3 heterocycles. The number of ether oxygens (including phenoxy) is 1. The standard InChI is InChI=1S/C26H34N4O3S2/c1-29(2)24(20-8-10-27-23-6-5-19(33-3)16-21(20)23)7-4-18-9-12-30(17-22(18)25(31)32)13-15-35-26-28-11-14-34-26/h5-6,8,10-11,14,16,18,22,24H,4,7,9,12-13,15,17H2,1-3H3,(H,31,32)/t18-,22+,24-/m1/s1. The first-order valence-corrected chi connectivity index (χ1v) is 13.9. The van der Waals surface area contributed by atoms with E-state index in [2.05, 4.69) is 46.0 Å². The summed E-state index contributed by atoms with van der Waals surface area (Å²) >= 11 is 3.40. The van der Waals surface area contributed by atoms with Crippen molar-refractivity contribution in [3.8, 4) is 5.75 Å². The number of piperidine rings is 1. The Morgan fingerprint density at radius 2 is 2.17 bits per heavy atom. The molecule has 0 amide bonds. The number of nitrogens with zero attached hydrogens (tertiary/aromatic N) is 4. The number of carboxylic acid groups (broad SMARTS) is 1. The highest BCUT2D eigenvalue weighted by molar-refractivity contribution is 8.01. The first-order chi connectivity index (χ1) is 17.0. The lowest BCUT2D eigenvalue weighted by atomic mass is 9.80. The predicted octanol–water partition coefficient (Wildman–Crippen LogP) is 4.90. The van der Waals surface area contributed by atoms with Crippen LogP contribution in [0.1, 0.15) is 30.9 Å². The number of thiazole rings is 1. The number of pyridine rings is 1. The van der Waals surface area contributed by atoms with Gasteiger partial charge in [-0.05, 0) is 75.6 Å². The van der Waals surface area contributed by atoms with Crippen molar-refractivity contribution in [2.75, 3.05) is 46.6 Å². The average molecular weight is 515 g/mol. The van der Waals surface area contributed by atoms with E-state index < -0.39 is 5.97 Å². The highest BCUT2D eigenvalue weighted by Gasteiger charge is 2.34. The van der Waals surface area contributed by atoms with E-state index in [9.17, 15) is 9.90 Å². The summed E-state index contributed by atoms with van der Waals surface area (Å²) in [5, 5.41) is 13.1. The Bertz CT molecular complexity index is 1110. The fourth-order valence-corrected chi connectivity index (χ4v) is 6.78. The number of carbonyl (C=O) groups is 1. The monoisotopic (exact) mass is 514 g/mol. The minimum atomic E-state index is -0.673. The Balaban J connectivity index is 1.41. The van der Waals surface area contributed by atoms with Crippen LogP contribution in [0, 0.1) is 11.8 Å². The molecule has 9 heteroatoms. The van der Waals surface area contributed by atoms with Crippen molar-refractivity contribution in [2.45, 2.75) is 29.6 Å². The van der Waals surface area contributed by atoms with Crippen molar-refractivity contribution in [3.05, 3.63) is 47.6 Å². The minimum Gasteiger partial charge on any atom is -0.497 e. The van der Waals surface area contributed by atoms with Gasteiger partial charge in [0.15, 0.2) is 0 Å².